The van der Waals surface area contributed by atoms with E-state index in [9.17, 15) is 22.8 Å². The standard InChI is InChI=1S/C21H20F3N3O2/c1-5-13(11(3)16(22)6-2)14-7-12-10-25-18(8-17(12)27(4)20(14)29)26-19(28)15-9-21(15,23)24/h5-8,10,15H,2,9H2,1,3-4H3,(H,25,26,28)/b13-5+,16-11+. The minimum Gasteiger partial charge on any atom is -0.311 e. The summed E-state index contributed by atoms with van der Waals surface area (Å²) in [5.41, 5.74) is 1.07. The molecular formula is C21H20F3N3O2. The van der Waals surface area contributed by atoms with Crippen molar-refractivity contribution in [2.45, 2.75) is 26.2 Å². The van der Waals surface area contributed by atoms with E-state index in [1.54, 1.807) is 26.0 Å². The number of carbonyl (C=O) groups is 1. The number of amides is 1. The van der Waals surface area contributed by atoms with Gasteiger partial charge < -0.3 is 9.88 Å². The first-order chi connectivity index (χ1) is 13.6. The summed E-state index contributed by atoms with van der Waals surface area (Å²) in [5, 5.41) is 2.93. The van der Waals surface area contributed by atoms with Crippen LogP contribution >= 0.6 is 0 Å². The van der Waals surface area contributed by atoms with E-state index in [2.05, 4.69) is 16.9 Å². The topological polar surface area (TPSA) is 64.0 Å². The van der Waals surface area contributed by atoms with Crippen molar-refractivity contribution in [3.8, 4) is 0 Å². The number of hydrogen-bond donors (Lipinski definition) is 1. The molecule has 2 aromatic rings. The van der Waals surface area contributed by atoms with E-state index < -0.39 is 30.0 Å². The van der Waals surface area contributed by atoms with Crippen LogP contribution in [0.2, 0.25) is 0 Å². The van der Waals surface area contributed by atoms with Crippen LogP contribution in [-0.2, 0) is 11.8 Å². The van der Waals surface area contributed by atoms with Gasteiger partial charge in [-0.25, -0.2) is 18.2 Å². The maximum absolute atomic E-state index is 14.0. The van der Waals surface area contributed by atoms with Crippen molar-refractivity contribution >= 4 is 28.2 Å². The Hall–Kier alpha value is -3.16. The molecule has 1 fully saturated rings. The molecule has 152 valence electrons. The second-order valence-electron chi connectivity index (χ2n) is 6.94. The van der Waals surface area contributed by atoms with Gasteiger partial charge in [0.05, 0.1) is 5.52 Å². The lowest BCUT2D eigenvalue weighted by atomic mass is 9.98. The zero-order valence-corrected chi connectivity index (χ0v) is 16.2. The Morgan fingerprint density at radius 2 is 2.07 bits per heavy atom. The third-order valence-corrected chi connectivity index (χ3v) is 5.02. The summed E-state index contributed by atoms with van der Waals surface area (Å²) in [6.45, 7) is 6.66. The summed E-state index contributed by atoms with van der Waals surface area (Å²) < 4.78 is 41.4. The Morgan fingerprint density at radius 3 is 2.62 bits per heavy atom. The summed E-state index contributed by atoms with van der Waals surface area (Å²) >= 11 is 0. The lowest BCUT2D eigenvalue weighted by Gasteiger charge is -2.13. The molecule has 1 saturated carbocycles. The fourth-order valence-corrected chi connectivity index (χ4v) is 3.19. The van der Waals surface area contributed by atoms with Gasteiger partial charge in [-0.1, -0.05) is 12.7 Å². The number of pyridine rings is 2. The Bertz CT molecular complexity index is 1150. The van der Waals surface area contributed by atoms with Gasteiger partial charge in [0.1, 0.15) is 17.6 Å². The number of allylic oxidation sites excluding steroid dienone is 5. The second kappa shape index (κ2) is 7.35. The van der Waals surface area contributed by atoms with Crippen LogP contribution in [0.15, 0.2) is 53.3 Å². The van der Waals surface area contributed by atoms with Gasteiger partial charge in [0.15, 0.2) is 0 Å². The second-order valence-corrected chi connectivity index (χ2v) is 6.94. The van der Waals surface area contributed by atoms with E-state index in [1.165, 1.54) is 23.9 Å². The number of fused-ring (bicyclic) bond motifs is 1. The monoisotopic (exact) mass is 403 g/mol. The van der Waals surface area contributed by atoms with Crippen LogP contribution in [0.25, 0.3) is 16.5 Å². The van der Waals surface area contributed by atoms with Crippen molar-refractivity contribution in [1.29, 1.82) is 0 Å². The van der Waals surface area contributed by atoms with E-state index in [0.29, 0.717) is 16.5 Å². The van der Waals surface area contributed by atoms with Crippen molar-refractivity contribution < 1.29 is 18.0 Å². The first-order valence-corrected chi connectivity index (χ1v) is 8.95. The van der Waals surface area contributed by atoms with E-state index >= 15 is 0 Å². The summed E-state index contributed by atoms with van der Waals surface area (Å²) in [5.74, 6) is -5.59. The molecule has 0 spiro atoms. The summed E-state index contributed by atoms with van der Waals surface area (Å²) in [4.78, 5) is 28.8. The van der Waals surface area contributed by atoms with Gasteiger partial charge in [-0.2, -0.15) is 0 Å². The zero-order valence-electron chi connectivity index (χ0n) is 16.2. The molecule has 1 amide bonds. The number of hydrogen-bond acceptors (Lipinski definition) is 3. The minimum atomic E-state index is -2.97. The maximum atomic E-state index is 14.0. The number of nitrogens with one attached hydrogen (secondary N) is 1. The van der Waals surface area contributed by atoms with Crippen molar-refractivity contribution in [2.24, 2.45) is 13.0 Å². The highest BCUT2D eigenvalue weighted by Crippen LogP contribution is 2.49. The van der Waals surface area contributed by atoms with Crippen LogP contribution in [0.1, 0.15) is 25.8 Å². The third kappa shape index (κ3) is 3.74. The molecule has 1 aliphatic carbocycles. The van der Waals surface area contributed by atoms with Gasteiger partial charge >= 0.3 is 0 Å². The van der Waals surface area contributed by atoms with Gasteiger partial charge in [0.25, 0.3) is 11.5 Å². The summed E-state index contributed by atoms with van der Waals surface area (Å²) in [6.07, 6.45) is 3.66. The molecule has 0 aromatic carbocycles. The SMILES string of the molecule is C=C/C(F)=C(C)\C(=C/C)c1cc2cnc(NC(=O)C3CC3(F)F)cc2n(C)c1=O. The summed E-state index contributed by atoms with van der Waals surface area (Å²) in [7, 11) is 1.53. The quantitative estimate of drug-likeness (QED) is 0.755. The van der Waals surface area contributed by atoms with Gasteiger partial charge in [-0.05, 0) is 37.1 Å². The van der Waals surface area contributed by atoms with Crippen LogP contribution in [-0.4, -0.2) is 21.4 Å². The number of halogens is 3. The molecule has 1 aliphatic rings. The number of rotatable bonds is 5. The Morgan fingerprint density at radius 1 is 1.41 bits per heavy atom. The van der Waals surface area contributed by atoms with Gasteiger partial charge in [0.2, 0.25) is 5.91 Å². The fourth-order valence-electron chi connectivity index (χ4n) is 3.19. The molecule has 0 radical (unpaired) electrons. The highest BCUT2D eigenvalue weighted by molar-refractivity contribution is 5.96. The first kappa shape index (κ1) is 20.6. The van der Waals surface area contributed by atoms with E-state index in [4.69, 9.17) is 0 Å². The maximum Gasteiger partial charge on any atom is 0.260 e. The number of anilines is 1. The smallest absolute Gasteiger partial charge is 0.260 e. The zero-order chi connectivity index (χ0) is 21.5. The lowest BCUT2D eigenvalue weighted by Crippen LogP contribution is -2.22. The molecule has 29 heavy (non-hydrogen) atoms. The minimum absolute atomic E-state index is 0.0768. The van der Waals surface area contributed by atoms with Gasteiger partial charge in [-0.3, -0.25) is 9.59 Å². The van der Waals surface area contributed by atoms with Crippen molar-refractivity contribution in [1.82, 2.24) is 9.55 Å². The Labute approximate surface area is 165 Å². The molecule has 0 bridgehead atoms. The molecule has 2 aromatic heterocycles. The summed E-state index contributed by atoms with van der Waals surface area (Å²) in [6, 6.07) is 3.03. The van der Waals surface area contributed by atoms with Crippen molar-refractivity contribution in [3.05, 3.63) is 64.4 Å². The Balaban J connectivity index is 2.03. The number of nitrogens with zero attached hydrogens (tertiary/aromatic N) is 2. The molecule has 1 N–H and O–H groups in total. The molecular weight excluding hydrogens is 383 g/mol. The average Bonchev–Trinajstić information content (AvgIpc) is 3.34. The third-order valence-electron chi connectivity index (χ3n) is 5.02. The van der Waals surface area contributed by atoms with E-state index in [-0.39, 0.29) is 22.5 Å². The fraction of sp³-hybridized carbons (Fsp3) is 0.286. The molecule has 2 heterocycles. The van der Waals surface area contributed by atoms with Crippen molar-refractivity contribution in [2.75, 3.05) is 5.32 Å². The van der Waals surface area contributed by atoms with E-state index in [0.717, 1.165) is 6.08 Å². The number of carbonyl (C=O) groups excluding carboxylic acids is 1. The highest BCUT2D eigenvalue weighted by atomic mass is 19.3. The van der Waals surface area contributed by atoms with Crippen LogP contribution < -0.4 is 10.9 Å². The normalized spacial score (nSPS) is 19.0. The Kier molecular flexibility index (Phi) is 5.21. The molecule has 3 rings (SSSR count). The van der Waals surface area contributed by atoms with Crippen molar-refractivity contribution in [3.63, 3.8) is 0 Å². The number of aryl methyl sites for hydroxylation is 1. The molecule has 1 unspecified atom stereocenters. The molecule has 0 aliphatic heterocycles. The lowest BCUT2D eigenvalue weighted by molar-refractivity contribution is -0.119. The highest BCUT2D eigenvalue weighted by Gasteiger charge is 2.61. The largest absolute Gasteiger partial charge is 0.311 e. The molecule has 0 saturated heterocycles. The first-order valence-electron chi connectivity index (χ1n) is 8.95. The number of alkyl halides is 2. The predicted molar refractivity (Wildman–Crippen MR) is 106 cm³/mol. The predicted octanol–water partition coefficient (Wildman–Crippen LogP) is 4.36. The number of aromatic nitrogens is 2. The molecule has 1 atom stereocenters. The van der Waals surface area contributed by atoms with Gasteiger partial charge in [-0.15, -0.1) is 0 Å². The molecule has 8 heteroatoms. The van der Waals surface area contributed by atoms with E-state index in [1.807, 2.05) is 0 Å². The molecule has 5 nitrogen and oxygen atoms in total. The van der Waals surface area contributed by atoms with Gasteiger partial charge in [0, 0.05) is 36.7 Å². The van der Waals surface area contributed by atoms with Crippen LogP contribution in [0.4, 0.5) is 19.0 Å². The van der Waals surface area contributed by atoms with Crippen LogP contribution in [0.5, 0.6) is 0 Å². The van der Waals surface area contributed by atoms with Crippen LogP contribution in [0.3, 0.4) is 0 Å². The average molecular weight is 403 g/mol. The van der Waals surface area contributed by atoms with Crippen LogP contribution in [0, 0.1) is 5.92 Å².